The predicted octanol–water partition coefficient (Wildman–Crippen LogP) is 3.46. The predicted molar refractivity (Wildman–Crippen MR) is 128 cm³/mol. The number of nitrogens with zero attached hydrogens (tertiary/aromatic N) is 3. The van der Waals surface area contributed by atoms with E-state index in [2.05, 4.69) is 26.0 Å². The molecule has 8 heteroatoms. The maximum absolute atomic E-state index is 11.9. The molecule has 0 bridgehead atoms. The molecule has 0 aliphatic rings. The van der Waals surface area contributed by atoms with Gasteiger partial charge in [-0.25, -0.2) is 4.98 Å². The Morgan fingerprint density at radius 2 is 1.89 bits per heavy atom. The zero-order valence-electron chi connectivity index (χ0n) is 17.0. The number of guanidine groups is 1. The molecule has 0 saturated carbocycles. The fourth-order valence-electron chi connectivity index (χ4n) is 2.56. The average molecular weight is 515 g/mol. The Labute approximate surface area is 188 Å². The van der Waals surface area contributed by atoms with E-state index in [1.807, 2.05) is 31.2 Å². The standard InChI is InChI=1S/C20H29N5OS.HI/c1-15-14-27-18(24-15)7-5-6-12-22-20(21-2)23-13-16-8-10-17(11-9-16)19(26)25(3)4;/h8-11,14H,5-7,12-13H2,1-4H3,(H2,21,22,23);1H. The SMILES string of the molecule is CN=C(NCCCCc1nc(C)cs1)NCc1ccc(C(=O)N(C)C)cc1.I. The molecule has 154 valence electrons. The monoisotopic (exact) mass is 515 g/mol. The van der Waals surface area contributed by atoms with E-state index in [1.54, 1.807) is 37.4 Å². The van der Waals surface area contributed by atoms with Gasteiger partial charge in [0.05, 0.1) is 5.01 Å². The van der Waals surface area contributed by atoms with Gasteiger partial charge in [-0.05, 0) is 43.9 Å². The van der Waals surface area contributed by atoms with Crippen molar-refractivity contribution in [3.05, 3.63) is 51.5 Å². The van der Waals surface area contributed by atoms with Gasteiger partial charge in [0.1, 0.15) is 0 Å². The van der Waals surface area contributed by atoms with E-state index < -0.39 is 0 Å². The summed E-state index contributed by atoms with van der Waals surface area (Å²) in [7, 11) is 5.28. The van der Waals surface area contributed by atoms with Gasteiger partial charge in [-0.15, -0.1) is 35.3 Å². The third-order valence-electron chi connectivity index (χ3n) is 4.07. The van der Waals surface area contributed by atoms with Crippen molar-refractivity contribution >= 4 is 47.2 Å². The number of benzene rings is 1. The Hall–Kier alpha value is -1.68. The summed E-state index contributed by atoms with van der Waals surface area (Å²) in [6, 6.07) is 7.64. The third kappa shape index (κ3) is 8.14. The number of hydrogen-bond donors (Lipinski definition) is 2. The van der Waals surface area contributed by atoms with Crippen LogP contribution in [0.5, 0.6) is 0 Å². The highest BCUT2D eigenvalue weighted by atomic mass is 127. The van der Waals surface area contributed by atoms with Gasteiger partial charge in [-0.2, -0.15) is 0 Å². The smallest absolute Gasteiger partial charge is 0.253 e. The van der Waals surface area contributed by atoms with Crippen molar-refractivity contribution in [2.75, 3.05) is 27.7 Å². The fourth-order valence-corrected chi connectivity index (χ4v) is 3.37. The summed E-state index contributed by atoms with van der Waals surface area (Å²) in [6.45, 7) is 3.57. The number of rotatable bonds is 8. The number of carbonyl (C=O) groups excluding carboxylic acids is 1. The normalized spacial score (nSPS) is 10.9. The number of halogens is 1. The minimum atomic E-state index is 0. The maximum atomic E-state index is 11.9. The molecule has 1 amide bonds. The topological polar surface area (TPSA) is 69.6 Å². The van der Waals surface area contributed by atoms with Crippen LogP contribution in [0, 0.1) is 6.92 Å². The number of carbonyl (C=O) groups is 1. The lowest BCUT2D eigenvalue weighted by molar-refractivity contribution is 0.0827. The summed E-state index contributed by atoms with van der Waals surface area (Å²) in [5.41, 5.74) is 2.91. The number of amides is 1. The first-order valence-electron chi connectivity index (χ1n) is 9.15. The van der Waals surface area contributed by atoms with Crippen LogP contribution in [0.15, 0.2) is 34.6 Å². The van der Waals surface area contributed by atoms with Gasteiger partial charge < -0.3 is 15.5 Å². The highest BCUT2D eigenvalue weighted by molar-refractivity contribution is 14.0. The molecule has 1 aromatic carbocycles. The molecule has 0 spiro atoms. The molecular weight excluding hydrogens is 485 g/mol. The zero-order valence-corrected chi connectivity index (χ0v) is 20.1. The van der Waals surface area contributed by atoms with Crippen LogP contribution in [0.25, 0.3) is 0 Å². The second kappa shape index (κ2) is 12.7. The molecule has 0 saturated heterocycles. The lowest BCUT2D eigenvalue weighted by Gasteiger charge is -2.13. The first-order valence-corrected chi connectivity index (χ1v) is 10.0. The molecule has 2 aromatic rings. The third-order valence-corrected chi connectivity index (χ3v) is 5.09. The molecule has 2 rings (SSSR count). The lowest BCUT2D eigenvalue weighted by Crippen LogP contribution is -2.37. The highest BCUT2D eigenvalue weighted by Gasteiger charge is 2.07. The highest BCUT2D eigenvalue weighted by Crippen LogP contribution is 2.11. The van der Waals surface area contributed by atoms with Gasteiger partial charge >= 0.3 is 0 Å². The van der Waals surface area contributed by atoms with Crippen LogP contribution in [0.2, 0.25) is 0 Å². The van der Waals surface area contributed by atoms with Crippen LogP contribution in [0.3, 0.4) is 0 Å². The van der Waals surface area contributed by atoms with E-state index in [4.69, 9.17) is 0 Å². The summed E-state index contributed by atoms with van der Waals surface area (Å²) in [5, 5.41) is 9.95. The molecule has 1 aromatic heterocycles. The van der Waals surface area contributed by atoms with Gasteiger partial charge in [0.15, 0.2) is 5.96 Å². The minimum absolute atomic E-state index is 0. The molecule has 28 heavy (non-hydrogen) atoms. The minimum Gasteiger partial charge on any atom is -0.356 e. The molecule has 1 heterocycles. The van der Waals surface area contributed by atoms with E-state index >= 15 is 0 Å². The molecule has 0 aliphatic carbocycles. The van der Waals surface area contributed by atoms with Crippen molar-refractivity contribution < 1.29 is 4.79 Å². The van der Waals surface area contributed by atoms with Crippen LogP contribution in [0.4, 0.5) is 0 Å². The Kier molecular flexibility index (Phi) is 11.1. The summed E-state index contributed by atoms with van der Waals surface area (Å²) in [5.74, 6) is 0.799. The van der Waals surface area contributed by atoms with Crippen LogP contribution >= 0.6 is 35.3 Å². The van der Waals surface area contributed by atoms with Crippen molar-refractivity contribution in [2.24, 2.45) is 4.99 Å². The van der Waals surface area contributed by atoms with Crippen LogP contribution in [-0.2, 0) is 13.0 Å². The second-order valence-corrected chi connectivity index (χ2v) is 7.53. The quantitative estimate of drug-likeness (QED) is 0.245. The van der Waals surface area contributed by atoms with E-state index in [0.29, 0.717) is 12.1 Å². The number of aliphatic imine (C=N–C) groups is 1. The Morgan fingerprint density at radius 1 is 1.18 bits per heavy atom. The summed E-state index contributed by atoms with van der Waals surface area (Å²) >= 11 is 1.74. The second-order valence-electron chi connectivity index (χ2n) is 6.59. The molecule has 0 atom stereocenters. The number of nitrogens with one attached hydrogen (secondary N) is 2. The van der Waals surface area contributed by atoms with E-state index in [-0.39, 0.29) is 29.9 Å². The molecule has 0 radical (unpaired) electrons. The van der Waals surface area contributed by atoms with Gasteiger partial charge in [-0.1, -0.05) is 12.1 Å². The van der Waals surface area contributed by atoms with Crippen molar-refractivity contribution in [3.8, 4) is 0 Å². The molecule has 0 aliphatic heterocycles. The molecule has 2 N–H and O–H groups in total. The van der Waals surface area contributed by atoms with Crippen molar-refractivity contribution in [3.63, 3.8) is 0 Å². The van der Waals surface area contributed by atoms with Crippen LogP contribution < -0.4 is 10.6 Å². The van der Waals surface area contributed by atoms with E-state index in [9.17, 15) is 4.79 Å². The molecule has 6 nitrogen and oxygen atoms in total. The largest absolute Gasteiger partial charge is 0.356 e. The summed E-state index contributed by atoms with van der Waals surface area (Å²) in [4.78, 5) is 22.2. The van der Waals surface area contributed by atoms with Crippen LogP contribution in [-0.4, -0.2) is 49.4 Å². The summed E-state index contributed by atoms with van der Waals surface area (Å²) in [6.07, 6.45) is 3.21. The van der Waals surface area contributed by atoms with Gasteiger partial charge in [0.2, 0.25) is 0 Å². The fraction of sp³-hybridized carbons (Fsp3) is 0.450. The number of aryl methyl sites for hydroxylation is 2. The maximum Gasteiger partial charge on any atom is 0.253 e. The van der Waals surface area contributed by atoms with E-state index in [0.717, 1.165) is 43.0 Å². The number of hydrogen-bond acceptors (Lipinski definition) is 4. The Morgan fingerprint density at radius 3 is 2.46 bits per heavy atom. The van der Waals surface area contributed by atoms with Gasteiger partial charge in [0.25, 0.3) is 5.91 Å². The van der Waals surface area contributed by atoms with Crippen LogP contribution in [0.1, 0.15) is 39.5 Å². The Bertz CT molecular complexity index is 758. The summed E-state index contributed by atoms with van der Waals surface area (Å²) < 4.78 is 0. The lowest BCUT2D eigenvalue weighted by atomic mass is 10.1. The first-order chi connectivity index (χ1) is 13.0. The average Bonchev–Trinajstić information content (AvgIpc) is 3.08. The number of aromatic nitrogens is 1. The van der Waals surface area contributed by atoms with Gasteiger partial charge in [-0.3, -0.25) is 9.79 Å². The van der Waals surface area contributed by atoms with Crippen molar-refractivity contribution in [2.45, 2.75) is 32.7 Å². The number of thiazole rings is 1. The van der Waals surface area contributed by atoms with Gasteiger partial charge in [0, 0.05) is 50.9 Å². The van der Waals surface area contributed by atoms with Crippen molar-refractivity contribution in [1.82, 2.24) is 20.5 Å². The van der Waals surface area contributed by atoms with E-state index in [1.165, 1.54) is 5.01 Å². The Balaban J connectivity index is 0.00000392. The molecular formula is C20H30IN5OS. The molecule has 0 fully saturated rings. The zero-order chi connectivity index (χ0) is 19.6. The van der Waals surface area contributed by atoms with Crippen molar-refractivity contribution in [1.29, 1.82) is 0 Å². The number of unbranched alkanes of at least 4 members (excludes halogenated alkanes) is 1. The first kappa shape index (κ1) is 24.4. The molecule has 0 unspecified atom stereocenters.